The number of oxazole rings is 1. The van der Waals surface area contributed by atoms with E-state index < -0.39 is 17.6 Å². The summed E-state index contributed by atoms with van der Waals surface area (Å²) in [5.41, 5.74) is 0.487. The van der Waals surface area contributed by atoms with Gasteiger partial charge < -0.3 is 23.9 Å². The van der Waals surface area contributed by atoms with E-state index in [4.69, 9.17) is 14.4 Å². The Balaban J connectivity index is 1.45. The largest absolute Gasteiger partial charge is 0.444 e. The topological polar surface area (TPSA) is 139 Å². The first-order valence-corrected chi connectivity index (χ1v) is 10.8. The van der Waals surface area contributed by atoms with Gasteiger partial charge in [0.1, 0.15) is 18.3 Å². The molecule has 0 spiro atoms. The molecule has 1 saturated heterocycles. The van der Waals surface area contributed by atoms with Crippen molar-refractivity contribution in [3.8, 4) is 17.4 Å². The number of likely N-dealkylation sites (tertiary alicyclic amines) is 1. The van der Waals surface area contributed by atoms with E-state index in [9.17, 15) is 9.59 Å². The highest BCUT2D eigenvalue weighted by molar-refractivity contribution is 5.90. The zero-order valence-electron chi connectivity index (χ0n) is 19.1. The molecule has 1 aliphatic heterocycles. The maximum Gasteiger partial charge on any atom is 0.410 e. The van der Waals surface area contributed by atoms with Gasteiger partial charge in [0.25, 0.3) is 5.89 Å². The molecule has 0 aliphatic carbocycles. The summed E-state index contributed by atoms with van der Waals surface area (Å²) >= 11 is 0. The van der Waals surface area contributed by atoms with Gasteiger partial charge >= 0.3 is 12.0 Å². The van der Waals surface area contributed by atoms with Gasteiger partial charge in [-0.25, -0.2) is 9.78 Å². The molecule has 34 heavy (non-hydrogen) atoms. The van der Waals surface area contributed by atoms with Crippen LogP contribution in [0.25, 0.3) is 11.3 Å². The average molecular weight is 463 g/mol. The normalized spacial score (nSPS) is 17.9. The maximum absolute atomic E-state index is 12.8. The second-order valence-corrected chi connectivity index (χ2v) is 9.07. The molecule has 0 saturated carbocycles. The zero-order valence-corrected chi connectivity index (χ0v) is 19.1. The molecular formula is C23H25N7O4. The summed E-state index contributed by atoms with van der Waals surface area (Å²) in [6.45, 7) is 6.17. The molecule has 2 unspecified atom stereocenters. The SMILES string of the molecule is CC(C)(C)OC(=O)N1CC(NC(=O)c2ncc(-c3cccc(C#N)c3)o2)CC1Cn1cnnc1. The first-order chi connectivity index (χ1) is 16.2. The lowest BCUT2D eigenvalue weighted by molar-refractivity contribution is 0.0210. The van der Waals surface area contributed by atoms with E-state index in [1.54, 1.807) is 46.4 Å². The van der Waals surface area contributed by atoms with Crippen LogP contribution >= 0.6 is 0 Å². The van der Waals surface area contributed by atoms with E-state index in [0.29, 0.717) is 29.9 Å². The minimum atomic E-state index is -0.642. The van der Waals surface area contributed by atoms with Gasteiger partial charge in [-0.15, -0.1) is 10.2 Å². The molecule has 11 nitrogen and oxygen atoms in total. The first-order valence-electron chi connectivity index (χ1n) is 10.8. The molecule has 1 fully saturated rings. The lowest BCUT2D eigenvalue weighted by Crippen LogP contribution is -2.42. The Morgan fingerprint density at radius 1 is 1.29 bits per heavy atom. The second-order valence-electron chi connectivity index (χ2n) is 9.07. The van der Waals surface area contributed by atoms with Crippen molar-refractivity contribution in [2.24, 2.45) is 0 Å². The Kier molecular flexibility index (Phi) is 6.32. The molecule has 2 atom stereocenters. The molecule has 3 aromatic rings. The van der Waals surface area contributed by atoms with Gasteiger partial charge in [0.15, 0.2) is 5.76 Å². The number of nitrogens with one attached hydrogen (secondary N) is 1. The molecular weight excluding hydrogens is 438 g/mol. The number of nitriles is 1. The Hall–Kier alpha value is -4.20. The number of carbonyl (C=O) groups is 2. The standard InChI is InChI=1S/C23H25N7O4/c1-23(2,3)34-22(32)30-11-17(8-18(30)12-29-13-26-27-14-29)28-20(31)21-25-10-19(33-21)16-6-4-5-15(7-16)9-24/h4-7,10,13-14,17-18H,8,11-12H2,1-3H3,(H,28,31). The number of ether oxygens (including phenoxy) is 1. The number of hydrogen-bond acceptors (Lipinski definition) is 8. The van der Waals surface area contributed by atoms with E-state index in [2.05, 4.69) is 26.6 Å². The van der Waals surface area contributed by atoms with Crippen molar-refractivity contribution in [3.05, 3.63) is 54.6 Å². The summed E-state index contributed by atoms with van der Waals surface area (Å²) in [5, 5.41) is 19.6. The summed E-state index contributed by atoms with van der Waals surface area (Å²) in [7, 11) is 0. The van der Waals surface area contributed by atoms with Gasteiger partial charge in [-0.3, -0.25) is 4.79 Å². The fourth-order valence-corrected chi connectivity index (χ4v) is 3.80. The van der Waals surface area contributed by atoms with Crippen molar-refractivity contribution in [1.82, 2.24) is 30.0 Å². The highest BCUT2D eigenvalue weighted by Gasteiger charge is 2.38. The fourth-order valence-electron chi connectivity index (χ4n) is 3.80. The molecule has 2 amide bonds. The van der Waals surface area contributed by atoms with E-state index in [1.165, 1.54) is 6.20 Å². The first kappa shape index (κ1) is 23.0. The predicted molar refractivity (Wildman–Crippen MR) is 119 cm³/mol. The molecule has 1 aromatic carbocycles. The third-order valence-corrected chi connectivity index (χ3v) is 5.24. The molecule has 4 rings (SSSR count). The molecule has 1 aliphatic rings. The molecule has 0 radical (unpaired) electrons. The van der Waals surface area contributed by atoms with Crippen molar-refractivity contribution in [3.63, 3.8) is 0 Å². The van der Waals surface area contributed by atoms with E-state index in [-0.39, 0.29) is 24.5 Å². The van der Waals surface area contributed by atoms with Crippen LogP contribution in [0.4, 0.5) is 4.79 Å². The third-order valence-electron chi connectivity index (χ3n) is 5.24. The van der Waals surface area contributed by atoms with Gasteiger partial charge in [-0.1, -0.05) is 12.1 Å². The number of carbonyl (C=O) groups excluding carboxylic acids is 2. The van der Waals surface area contributed by atoms with E-state index in [1.807, 2.05) is 20.8 Å². The van der Waals surface area contributed by atoms with Crippen LogP contribution in [-0.2, 0) is 11.3 Å². The number of rotatable bonds is 5. The number of nitrogens with zero attached hydrogens (tertiary/aromatic N) is 6. The lowest BCUT2D eigenvalue weighted by atomic mass is 10.1. The third kappa shape index (κ3) is 5.40. The van der Waals surface area contributed by atoms with Gasteiger partial charge in [-0.2, -0.15) is 5.26 Å². The summed E-state index contributed by atoms with van der Waals surface area (Å²) < 4.78 is 13.0. The van der Waals surface area contributed by atoms with Crippen LogP contribution in [0, 0.1) is 11.3 Å². The van der Waals surface area contributed by atoms with Crippen LogP contribution in [0.15, 0.2) is 47.5 Å². The predicted octanol–water partition coefficient (Wildman–Crippen LogP) is 2.61. The van der Waals surface area contributed by atoms with Crippen LogP contribution in [-0.4, -0.2) is 60.9 Å². The lowest BCUT2D eigenvalue weighted by Gasteiger charge is -2.28. The molecule has 176 valence electrons. The zero-order chi connectivity index (χ0) is 24.3. The summed E-state index contributed by atoms with van der Waals surface area (Å²) in [4.78, 5) is 31.3. The van der Waals surface area contributed by atoms with Crippen molar-refractivity contribution in [2.45, 2.75) is 51.4 Å². The Morgan fingerprint density at radius 3 is 2.76 bits per heavy atom. The van der Waals surface area contributed by atoms with E-state index in [0.717, 1.165) is 0 Å². The quantitative estimate of drug-likeness (QED) is 0.609. The van der Waals surface area contributed by atoms with Crippen LogP contribution in [0.1, 0.15) is 43.4 Å². The van der Waals surface area contributed by atoms with Gasteiger partial charge in [-0.05, 0) is 39.3 Å². The number of benzene rings is 1. The van der Waals surface area contributed by atoms with Gasteiger partial charge in [0.2, 0.25) is 0 Å². The molecule has 2 aromatic heterocycles. The van der Waals surface area contributed by atoms with Crippen LogP contribution in [0.5, 0.6) is 0 Å². The number of hydrogen-bond donors (Lipinski definition) is 1. The minimum Gasteiger partial charge on any atom is -0.444 e. The molecule has 1 N–H and O–H groups in total. The van der Waals surface area contributed by atoms with Crippen LogP contribution in [0.3, 0.4) is 0 Å². The van der Waals surface area contributed by atoms with Crippen molar-refractivity contribution in [1.29, 1.82) is 5.26 Å². The average Bonchev–Trinajstić information content (AvgIpc) is 3.54. The molecule has 3 heterocycles. The van der Waals surface area contributed by atoms with Crippen molar-refractivity contribution < 1.29 is 18.7 Å². The number of amides is 2. The number of aromatic nitrogens is 4. The van der Waals surface area contributed by atoms with E-state index >= 15 is 0 Å². The molecule has 11 heteroatoms. The summed E-state index contributed by atoms with van der Waals surface area (Å²) in [5.74, 6) is -0.195. The summed E-state index contributed by atoms with van der Waals surface area (Å²) in [6.07, 6.45) is 4.67. The Morgan fingerprint density at radius 2 is 2.06 bits per heavy atom. The Labute approximate surface area is 196 Å². The van der Waals surface area contributed by atoms with Gasteiger partial charge in [0.05, 0.1) is 23.9 Å². The highest BCUT2D eigenvalue weighted by Crippen LogP contribution is 2.24. The van der Waals surface area contributed by atoms with Gasteiger partial charge in [0, 0.05) is 24.7 Å². The summed E-state index contributed by atoms with van der Waals surface area (Å²) in [6, 6.07) is 8.38. The monoisotopic (exact) mass is 463 g/mol. The second kappa shape index (κ2) is 9.35. The van der Waals surface area contributed by atoms with Crippen LogP contribution in [0.2, 0.25) is 0 Å². The fraction of sp³-hybridized carbons (Fsp3) is 0.391. The van der Waals surface area contributed by atoms with Crippen molar-refractivity contribution >= 4 is 12.0 Å². The maximum atomic E-state index is 12.8. The van der Waals surface area contributed by atoms with Crippen LogP contribution < -0.4 is 5.32 Å². The Bertz CT molecular complexity index is 1210. The smallest absolute Gasteiger partial charge is 0.410 e. The highest BCUT2D eigenvalue weighted by atomic mass is 16.6. The molecule has 0 bridgehead atoms. The minimum absolute atomic E-state index is 0.0940. The van der Waals surface area contributed by atoms with Crippen molar-refractivity contribution in [2.75, 3.05) is 6.54 Å².